The molecule has 3 aromatic carbocycles. The fraction of sp³-hybridized carbons (Fsp3) is 0.136. The summed E-state index contributed by atoms with van der Waals surface area (Å²) in [5.74, 6) is -0.211. The number of esters is 1. The lowest BCUT2D eigenvalue weighted by molar-refractivity contribution is -0.140. The van der Waals surface area contributed by atoms with E-state index < -0.39 is 7.92 Å². The minimum absolute atomic E-state index is 0.211. The molecular weight excluding hydrogens is 327 g/mol. The Bertz CT molecular complexity index is 649. The Kier molecular flexibility index (Phi) is 7.88. The molecule has 0 radical (unpaired) electrons. The molecule has 0 N–H and O–H groups in total. The third-order valence-electron chi connectivity index (χ3n) is 3.39. The fourth-order valence-electron chi connectivity index (χ4n) is 2.38. The number of rotatable bonds is 4. The van der Waals surface area contributed by atoms with E-state index in [0.717, 1.165) is 0 Å². The topological polar surface area (TPSA) is 26.3 Å². The molecule has 0 saturated carbocycles. The van der Waals surface area contributed by atoms with Crippen LogP contribution in [0.1, 0.15) is 13.8 Å². The predicted octanol–water partition coefficient (Wildman–Crippen LogP) is 4.01. The van der Waals surface area contributed by atoms with Crippen molar-refractivity contribution in [3.05, 3.63) is 91.0 Å². The summed E-state index contributed by atoms with van der Waals surface area (Å²) >= 11 is 0. The Morgan fingerprint density at radius 3 is 1.24 bits per heavy atom. The zero-order valence-electron chi connectivity index (χ0n) is 14.6. The van der Waals surface area contributed by atoms with Crippen LogP contribution in [0.15, 0.2) is 91.0 Å². The van der Waals surface area contributed by atoms with Gasteiger partial charge in [-0.15, -0.1) is 0 Å². The highest BCUT2D eigenvalue weighted by Crippen LogP contribution is 2.32. The first-order valence-electron chi connectivity index (χ1n) is 8.31. The molecule has 0 atom stereocenters. The van der Waals surface area contributed by atoms with Crippen molar-refractivity contribution < 1.29 is 9.53 Å². The molecule has 0 saturated heterocycles. The number of carbonyl (C=O) groups excluding carboxylic acids is 1. The summed E-state index contributed by atoms with van der Waals surface area (Å²) in [6.45, 7) is 3.65. The van der Waals surface area contributed by atoms with Gasteiger partial charge in [-0.2, -0.15) is 0 Å². The number of benzene rings is 3. The molecule has 3 aromatic rings. The van der Waals surface area contributed by atoms with E-state index in [9.17, 15) is 4.79 Å². The highest BCUT2D eigenvalue weighted by molar-refractivity contribution is 7.79. The van der Waals surface area contributed by atoms with Gasteiger partial charge in [0, 0.05) is 6.92 Å². The number of ether oxygens (including phenoxy) is 1. The zero-order valence-corrected chi connectivity index (χ0v) is 15.5. The highest BCUT2D eigenvalue weighted by Gasteiger charge is 2.14. The van der Waals surface area contributed by atoms with Gasteiger partial charge in [0.15, 0.2) is 0 Å². The van der Waals surface area contributed by atoms with Gasteiger partial charge in [0.25, 0.3) is 0 Å². The van der Waals surface area contributed by atoms with E-state index in [1.807, 2.05) is 0 Å². The minimum Gasteiger partial charge on any atom is -0.466 e. The second-order valence-corrected chi connectivity index (χ2v) is 7.49. The Balaban J connectivity index is 0.000000326. The van der Waals surface area contributed by atoms with Crippen molar-refractivity contribution in [1.29, 1.82) is 0 Å². The van der Waals surface area contributed by atoms with Gasteiger partial charge in [0.2, 0.25) is 0 Å². The Morgan fingerprint density at radius 2 is 1.04 bits per heavy atom. The molecule has 0 amide bonds. The van der Waals surface area contributed by atoms with E-state index in [0.29, 0.717) is 6.61 Å². The maximum atomic E-state index is 9.82. The second-order valence-electron chi connectivity index (χ2n) is 5.27. The van der Waals surface area contributed by atoms with Gasteiger partial charge in [-0.1, -0.05) is 91.0 Å². The number of hydrogen-bond acceptors (Lipinski definition) is 2. The quantitative estimate of drug-likeness (QED) is 0.525. The van der Waals surface area contributed by atoms with E-state index in [2.05, 4.69) is 95.7 Å². The summed E-state index contributed by atoms with van der Waals surface area (Å²) in [4.78, 5) is 9.82. The van der Waals surface area contributed by atoms with Gasteiger partial charge >= 0.3 is 5.97 Å². The van der Waals surface area contributed by atoms with Crippen LogP contribution in [0.4, 0.5) is 0 Å². The van der Waals surface area contributed by atoms with Crippen LogP contribution in [0, 0.1) is 0 Å². The van der Waals surface area contributed by atoms with E-state index in [1.54, 1.807) is 6.92 Å². The summed E-state index contributed by atoms with van der Waals surface area (Å²) in [7, 11) is -0.446. The fourth-order valence-corrected chi connectivity index (χ4v) is 4.69. The first kappa shape index (κ1) is 18.9. The zero-order chi connectivity index (χ0) is 17.9. The van der Waals surface area contributed by atoms with Crippen LogP contribution < -0.4 is 15.9 Å². The van der Waals surface area contributed by atoms with Crippen molar-refractivity contribution in [2.45, 2.75) is 13.8 Å². The van der Waals surface area contributed by atoms with Gasteiger partial charge in [-0.05, 0) is 30.8 Å². The molecule has 3 heteroatoms. The molecule has 0 aliphatic heterocycles. The summed E-state index contributed by atoms with van der Waals surface area (Å²) in [6.07, 6.45) is 0. The third kappa shape index (κ3) is 6.17. The summed E-state index contributed by atoms with van der Waals surface area (Å²) in [5, 5.41) is 4.19. The van der Waals surface area contributed by atoms with E-state index >= 15 is 0 Å². The Labute approximate surface area is 151 Å². The molecule has 0 unspecified atom stereocenters. The lowest BCUT2D eigenvalue weighted by Gasteiger charge is -2.18. The van der Waals surface area contributed by atoms with Gasteiger partial charge in [-0.3, -0.25) is 4.79 Å². The Hall–Kier alpha value is -2.44. The Morgan fingerprint density at radius 1 is 0.720 bits per heavy atom. The van der Waals surface area contributed by atoms with E-state index in [1.165, 1.54) is 22.8 Å². The minimum atomic E-state index is -0.446. The molecule has 0 heterocycles. The molecule has 0 aromatic heterocycles. The molecule has 128 valence electrons. The van der Waals surface area contributed by atoms with Crippen LogP contribution in [-0.4, -0.2) is 12.6 Å². The first-order chi connectivity index (χ1) is 12.2. The van der Waals surface area contributed by atoms with Gasteiger partial charge < -0.3 is 4.74 Å². The summed E-state index contributed by atoms with van der Waals surface area (Å²) in [5.41, 5.74) is 0. The van der Waals surface area contributed by atoms with Crippen molar-refractivity contribution >= 4 is 29.8 Å². The average molecular weight is 350 g/mol. The molecule has 2 nitrogen and oxygen atoms in total. The van der Waals surface area contributed by atoms with Gasteiger partial charge in [-0.25, -0.2) is 0 Å². The maximum Gasteiger partial charge on any atom is 0.302 e. The van der Waals surface area contributed by atoms with Crippen LogP contribution in [0.5, 0.6) is 0 Å². The normalized spacial score (nSPS) is 9.88. The van der Waals surface area contributed by atoms with E-state index in [4.69, 9.17) is 0 Å². The highest BCUT2D eigenvalue weighted by atomic mass is 31.1. The van der Waals surface area contributed by atoms with Crippen molar-refractivity contribution in [2.24, 2.45) is 0 Å². The number of carbonyl (C=O) groups is 1. The van der Waals surface area contributed by atoms with Crippen molar-refractivity contribution in [3.63, 3.8) is 0 Å². The standard InChI is InChI=1S/C18H15P.C4H8O2/c1-4-10-16(11-5-1)19(17-12-6-2-7-13-17)18-14-8-3-9-15-18;1-3-6-4(2)5/h1-15H;3H2,1-2H3. The van der Waals surface area contributed by atoms with Crippen LogP contribution in [-0.2, 0) is 9.53 Å². The first-order valence-corrected chi connectivity index (χ1v) is 9.65. The van der Waals surface area contributed by atoms with Crippen LogP contribution in [0.3, 0.4) is 0 Å². The second kappa shape index (κ2) is 10.4. The molecular formula is C22H23O2P. The maximum absolute atomic E-state index is 9.82. The van der Waals surface area contributed by atoms with Crippen LogP contribution in [0.2, 0.25) is 0 Å². The molecule has 0 fully saturated rings. The summed E-state index contributed by atoms with van der Waals surface area (Å²) < 4.78 is 4.40. The number of hydrogen-bond donors (Lipinski definition) is 0. The molecule has 0 bridgehead atoms. The van der Waals surface area contributed by atoms with E-state index in [-0.39, 0.29) is 5.97 Å². The van der Waals surface area contributed by atoms with Crippen molar-refractivity contribution in [1.82, 2.24) is 0 Å². The largest absolute Gasteiger partial charge is 0.466 e. The predicted molar refractivity (Wildman–Crippen MR) is 107 cm³/mol. The molecule has 3 rings (SSSR count). The molecule has 0 aliphatic carbocycles. The van der Waals surface area contributed by atoms with Crippen molar-refractivity contribution in [2.75, 3.05) is 6.61 Å². The van der Waals surface area contributed by atoms with Crippen LogP contribution >= 0.6 is 7.92 Å². The van der Waals surface area contributed by atoms with Gasteiger partial charge in [0.05, 0.1) is 6.61 Å². The third-order valence-corrected chi connectivity index (χ3v) is 5.83. The molecule has 25 heavy (non-hydrogen) atoms. The van der Waals surface area contributed by atoms with Gasteiger partial charge in [0.1, 0.15) is 0 Å². The molecule has 0 spiro atoms. The SMILES string of the molecule is CCOC(C)=O.c1ccc(P(c2ccccc2)c2ccccc2)cc1. The smallest absolute Gasteiger partial charge is 0.302 e. The van der Waals surface area contributed by atoms with Crippen molar-refractivity contribution in [3.8, 4) is 0 Å². The van der Waals surface area contributed by atoms with Crippen LogP contribution in [0.25, 0.3) is 0 Å². The monoisotopic (exact) mass is 350 g/mol. The lowest BCUT2D eigenvalue weighted by Crippen LogP contribution is -2.20. The summed E-state index contributed by atoms with van der Waals surface area (Å²) in [6, 6.07) is 32.3. The average Bonchev–Trinajstić information content (AvgIpc) is 2.65. The lowest BCUT2D eigenvalue weighted by atomic mass is 10.4. The molecule has 0 aliphatic rings.